The molecule has 0 saturated carbocycles. The van der Waals surface area contributed by atoms with Gasteiger partial charge in [-0.05, 0) is 37.5 Å². The highest BCUT2D eigenvalue weighted by Crippen LogP contribution is 2.17. The van der Waals surface area contributed by atoms with E-state index < -0.39 is 5.97 Å². The zero-order valence-corrected chi connectivity index (χ0v) is 12.7. The highest BCUT2D eigenvalue weighted by molar-refractivity contribution is 9.10. The first-order valence-corrected chi connectivity index (χ1v) is 6.94. The van der Waals surface area contributed by atoms with E-state index in [0.29, 0.717) is 12.8 Å². The molecule has 104 valence electrons. The molecule has 0 fully saturated rings. The molecule has 1 aromatic carbocycles. The largest absolute Gasteiger partial charge is 0.481 e. The van der Waals surface area contributed by atoms with Crippen LogP contribution in [0, 0.1) is 6.92 Å². The summed E-state index contributed by atoms with van der Waals surface area (Å²) in [6.07, 6.45) is 0.812. The van der Waals surface area contributed by atoms with Gasteiger partial charge in [0.25, 0.3) is 0 Å². The van der Waals surface area contributed by atoms with Crippen LogP contribution in [0.25, 0.3) is 0 Å². The van der Waals surface area contributed by atoms with E-state index in [1.54, 1.807) is 0 Å². The van der Waals surface area contributed by atoms with E-state index in [0.717, 1.165) is 15.6 Å². The Balaban J connectivity index is 2.46. The van der Waals surface area contributed by atoms with Gasteiger partial charge >= 0.3 is 5.97 Å². The lowest BCUT2D eigenvalue weighted by molar-refractivity contribution is -0.137. The van der Waals surface area contributed by atoms with Crippen LogP contribution in [0.1, 0.15) is 30.9 Å². The average Bonchev–Trinajstić information content (AvgIpc) is 2.31. The summed E-state index contributed by atoms with van der Waals surface area (Å²) in [4.78, 5) is 22.2. The molecule has 0 aromatic heterocycles. The van der Waals surface area contributed by atoms with E-state index in [1.165, 1.54) is 0 Å². The molecular weight excluding hydrogens is 310 g/mol. The SMILES string of the molecule is Cc1ccc(CC(=O)NC(C)CCC(=O)O)cc1Br. The van der Waals surface area contributed by atoms with Gasteiger partial charge < -0.3 is 10.4 Å². The molecule has 4 nitrogen and oxygen atoms in total. The van der Waals surface area contributed by atoms with Gasteiger partial charge in [0, 0.05) is 16.9 Å². The van der Waals surface area contributed by atoms with E-state index in [9.17, 15) is 9.59 Å². The van der Waals surface area contributed by atoms with Crippen molar-refractivity contribution >= 4 is 27.8 Å². The fourth-order valence-corrected chi connectivity index (χ4v) is 2.10. The van der Waals surface area contributed by atoms with Crippen molar-refractivity contribution in [2.24, 2.45) is 0 Å². The third-order valence-corrected chi connectivity index (χ3v) is 3.65. The Morgan fingerprint density at radius 1 is 1.42 bits per heavy atom. The Morgan fingerprint density at radius 2 is 2.11 bits per heavy atom. The summed E-state index contributed by atoms with van der Waals surface area (Å²) in [7, 11) is 0. The number of hydrogen-bond acceptors (Lipinski definition) is 2. The van der Waals surface area contributed by atoms with E-state index in [1.807, 2.05) is 32.0 Å². The second-order valence-corrected chi connectivity index (χ2v) is 5.52. The molecule has 2 N–H and O–H groups in total. The summed E-state index contributed by atoms with van der Waals surface area (Å²) in [5, 5.41) is 11.4. The number of carbonyl (C=O) groups excluding carboxylic acids is 1. The zero-order chi connectivity index (χ0) is 14.4. The van der Waals surface area contributed by atoms with Crippen molar-refractivity contribution in [3.63, 3.8) is 0 Å². The number of carbonyl (C=O) groups is 2. The van der Waals surface area contributed by atoms with Crippen LogP contribution < -0.4 is 5.32 Å². The van der Waals surface area contributed by atoms with Crippen LogP contribution in [0.4, 0.5) is 0 Å². The Hall–Kier alpha value is -1.36. The molecule has 0 radical (unpaired) electrons. The number of hydrogen-bond donors (Lipinski definition) is 2. The van der Waals surface area contributed by atoms with Crippen molar-refractivity contribution in [2.75, 3.05) is 0 Å². The molecule has 5 heteroatoms. The zero-order valence-electron chi connectivity index (χ0n) is 11.1. The number of aryl methyl sites for hydroxylation is 1. The fraction of sp³-hybridized carbons (Fsp3) is 0.429. The van der Waals surface area contributed by atoms with Crippen molar-refractivity contribution in [3.8, 4) is 0 Å². The maximum atomic E-state index is 11.8. The minimum Gasteiger partial charge on any atom is -0.481 e. The molecule has 0 aliphatic heterocycles. The van der Waals surface area contributed by atoms with E-state index >= 15 is 0 Å². The third kappa shape index (κ3) is 5.87. The molecule has 0 aliphatic rings. The Bertz CT molecular complexity index is 474. The van der Waals surface area contributed by atoms with Crippen LogP contribution in [-0.4, -0.2) is 23.0 Å². The molecule has 1 aromatic rings. The standard InChI is InChI=1S/C14H18BrNO3/c1-9-3-5-11(7-12(9)15)8-13(17)16-10(2)4-6-14(18)19/h3,5,7,10H,4,6,8H2,1-2H3,(H,16,17)(H,18,19). The average molecular weight is 328 g/mol. The molecular formula is C14H18BrNO3. The Labute approximate surface area is 121 Å². The molecule has 0 spiro atoms. The number of carboxylic acids is 1. The van der Waals surface area contributed by atoms with Crippen molar-refractivity contribution < 1.29 is 14.7 Å². The predicted molar refractivity (Wildman–Crippen MR) is 77.1 cm³/mol. The monoisotopic (exact) mass is 327 g/mol. The Morgan fingerprint density at radius 3 is 2.68 bits per heavy atom. The number of carboxylic acid groups (broad SMARTS) is 1. The maximum absolute atomic E-state index is 11.8. The van der Waals surface area contributed by atoms with Gasteiger partial charge in [0.05, 0.1) is 6.42 Å². The number of nitrogens with one attached hydrogen (secondary N) is 1. The first-order chi connectivity index (χ1) is 8.88. The van der Waals surface area contributed by atoms with Crippen LogP contribution in [0.2, 0.25) is 0 Å². The summed E-state index contributed by atoms with van der Waals surface area (Å²) >= 11 is 3.43. The van der Waals surface area contributed by atoms with Gasteiger partial charge in [0.2, 0.25) is 5.91 Å². The summed E-state index contributed by atoms with van der Waals surface area (Å²) in [6.45, 7) is 3.80. The summed E-state index contributed by atoms with van der Waals surface area (Å²) < 4.78 is 0.983. The Kier molecular flexibility index (Phi) is 6.02. The van der Waals surface area contributed by atoms with E-state index in [2.05, 4.69) is 21.2 Å². The highest BCUT2D eigenvalue weighted by Gasteiger charge is 2.10. The topological polar surface area (TPSA) is 66.4 Å². The number of rotatable bonds is 6. The molecule has 1 atom stereocenters. The molecule has 1 unspecified atom stereocenters. The lowest BCUT2D eigenvalue weighted by Crippen LogP contribution is -2.34. The van der Waals surface area contributed by atoms with Gasteiger partial charge in [0.1, 0.15) is 0 Å². The summed E-state index contributed by atoms with van der Waals surface area (Å²) in [5.41, 5.74) is 2.05. The van der Waals surface area contributed by atoms with Crippen LogP contribution >= 0.6 is 15.9 Å². The fourth-order valence-electron chi connectivity index (χ4n) is 1.67. The van der Waals surface area contributed by atoms with Crippen LogP contribution in [-0.2, 0) is 16.0 Å². The minimum absolute atomic E-state index is 0.0670. The van der Waals surface area contributed by atoms with Crippen molar-refractivity contribution in [1.82, 2.24) is 5.32 Å². The van der Waals surface area contributed by atoms with Gasteiger partial charge in [-0.25, -0.2) is 0 Å². The van der Waals surface area contributed by atoms with Gasteiger partial charge in [-0.2, -0.15) is 0 Å². The van der Waals surface area contributed by atoms with E-state index in [-0.39, 0.29) is 18.4 Å². The molecule has 1 amide bonds. The van der Waals surface area contributed by atoms with Gasteiger partial charge in [-0.15, -0.1) is 0 Å². The molecule has 0 heterocycles. The van der Waals surface area contributed by atoms with Crippen LogP contribution in [0.15, 0.2) is 22.7 Å². The lowest BCUT2D eigenvalue weighted by atomic mass is 10.1. The number of benzene rings is 1. The summed E-state index contributed by atoms with van der Waals surface area (Å²) in [6, 6.07) is 5.68. The van der Waals surface area contributed by atoms with Crippen molar-refractivity contribution in [2.45, 2.75) is 39.2 Å². The van der Waals surface area contributed by atoms with E-state index in [4.69, 9.17) is 5.11 Å². The normalized spacial score (nSPS) is 11.9. The molecule has 0 saturated heterocycles. The van der Waals surface area contributed by atoms with Crippen LogP contribution in [0.3, 0.4) is 0 Å². The molecule has 0 bridgehead atoms. The van der Waals surface area contributed by atoms with Crippen LogP contribution in [0.5, 0.6) is 0 Å². The summed E-state index contributed by atoms with van der Waals surface area (Å²) in [5.74, 6) is -0.933. The van der Waals surface area contributed by atoms with Gasteiger partial charge in [-0.1, -0.05) is 28.1 Å². The van der Waals surface area contributed by atoms with Crippen molar-refractivity contribution in [1.29, 1.82) is 0 Å². The van der Waals surface area contributed by atoms with Gasteiger partial charge in [-0.3, -0.25) is 9.59 Å². The first kappa shape index (κ1) is 15.7. The molecule has 0 aliphatic carbocycles. The quantitative estimate of drug-likeness (QED) is 0.844. The van der Waals surface area contributed by atoms with Crippen molar-refractivity contribution in [3.05, 3.63) is 33.8 Å². The smallest absolute Gasteiger partial charge is 0.303 e. The predicted octanol–water partition coefficient (Wildman–Crippen LogP) is 2.67. The molecule has 19 heavy (non-hydrogen) atoms. The second kappa shape index (κ2) is 7.28. The van der Waals surface area contributed by atoms with Gasteiger partial charge in [0.15, 0.2) is 0 Å². The second-order valence-electron chi connectivity index (χ2n) is 4.66. The molecule has 1 rings (SSSR count). The number of aliphatic carboxylic acids is 1. The minimum atomic E-state index is -0.844. The highest BCUT2D eigenvalue weighted by atomic mass is 79.9. The number of halogens is 1. The first-order valence-electron chi connectivity index (χ1n) is 6.14. The lowest BCUT2D eigenvalue weighted by Gasteiger charge is -2.13. The third-order valence-electron chi connectivity index (χ3n) is 2.80. The number of amides is 1. The maximum Gasteiger partial charge on any atom is 0.303 e.